The lowest BCUT2D eigenvalue weighted by molar-refractivity contribution is 1.09. The molecule has 0 radical (unpaired) electrons. The normalized spacial score (nSPS) is 11.8. The van der Waals surface area contributed by atoms with Crippen LogP contribution < -0.4 is 0 Å². The average Bonchev–Trinajstić information content (AvgIpc) is 3.63. The standard InChI is InChI=1S/C37H28N4/c1-3-24-19-27(20-29-30(21-38-36(24)29)34-17-15-25-10-4-6-13-32(25)39-34)41-22-31(28-12-8-9-23(2)37(28)41)35-18-16-26-11-5-7-14-33(26)40-35/h4-22,38H,3H2,1-2H3. The number of fused-ring (bicyclic) bond motifs is 4. The third-order valence-corrected chi connectivity index (χ3v) is 8.29. The summed E-state index contributed by atoms with van der Waals surface area (Å²) in [7, 11) is 0. The van der Waals surface area contributed by atoms with Crippen molar-refractivity contribution >= 4 is 43.6 Å². The number of hydrogen-bond donors (Lipinski definition) is 1. The Kier molecular flexibility index (Phi) is 5.29. The second-order valence-corrected chi connectivity index (χ2v) is 10.7. The molecule has 0 aliphatic heterocycles. The Hall–Kier alpha value is -5.22. The number of hydrogen-bond acceptors (Lipinski definition) is 2. The molecule has 4 heterocycles. The van der Waals surface area contributed by atoms with Crippen LogP contribution in [0.5, 0.6) is 0 Å². The fourth-order valence-electron chi connectivity index (χ4n) is 6.22. The average molecular weight is 529 g/mol. The van der Waals surface area contributed by atoms with Gasteiger partial charge in [0.05, 0.1) is 27.9 Å². The highest BCUT2D eigenvalue weighted by molar-refractivity contribution is 6.01. The fraction of sp³-hybridized carbons (Fsp3) is 0.0811. The Morgan fingerprint density at radius 2 is 1.37 bits per heavy atom. The van der Waals surface area contributed by atoms with Crippen LogP contribution >= 0.6 is 0 Å². The molecule has 4 heteroatoms. The van der Waals surface area contributed by atoms with Gasteiger partial charge >= 0.3 is 0 Å². The van der Waals surface area contributed by atoms with E-state index in [-0.39, 0.29) is 0 Å². The molecule has 0 amide bonds. The van der Waals surface area contributed by atoms with Gasteiger partial charge < -0.3 is 9.55 Å². The minimum absolute atomic E-state index is 0.923. The first-order valence-corrected chi connectivity index (χ1v) is 14.2. The van der Waals surface area contributed by atoms with Crippen molar-refractivity contribution in [3.05, 3.63) is 127 Å². The summed E-state index contributed by atoms with van der Waals surface area (Å²) in [6.45, 7) is 4.41. The summed E-state index contributed by atoms with van der Waals surface area (Å²) in [4.78, 5) is 13.7. The Morgan fingerprint density at radius 3 is 2.07 bits per heavy atom. The number of aryl methyl sites for hydroxylation is 2. The summed E-state index contributed by atoms with van der Waals surface area (Å²) >= 11 is 0. The molecule has 41 heavy (non-hydrogen) atoms. The van der Waals surface area contributed by atoms with Crippen molar-refractivity contribution in [1.82, 2.24) is 19.5 Å². The Labute approximate surface area is 237 Å². The van der Waals surface area contributed by atoms with Crippen LogP contribution in [0, 0.1) is 6.92 Å². The van der Waals surface area contributed by atoms with E-state index in [0.717, 1.165) is 56.4 Å². The summed E-state index contributed by atoms with van der Waals surface area (Å²) in [6.07, 6.45) is 5.29. The van der Waals surface area contributed by atoms with Gasteiger partial charge in [0.25, 0.3) is 0 Å². The molecule has 0 aliphatic rings. The zero-order valence-corrected chi connectivity index (χ0v) is 23.0. The third kappa shape index (κ3) is 3.75. The van der Waals surface area contributed by atoms with Gasteiger partial charge in [-0.1, -0.05) is 73.7 Å². The number of para-hydroxylation sites is 3. The summed E-state index contributed by atoms with van der Waals surface area (Å²) < 4.78 is 2.35. The van der Waals surface area contributed by atoms with Crippen LogP contribution in [0.3, 0.4) is 0 Å². The molecule has 0 spiro atoms. The van der Waals surface area contributed by atoms with Crippen molar-refractivity contribution in [3.8, 4) is 28.2 Å². The number of nitrogens with one attached hydrogen (secondary N) is 1. The molecule has 4 aromatic carbocycles. The highest BCUT2D eigenvalue weighted by atomic mass is 15.0. The first kappa shape index (κ1) is 23.6. The molecule has 4 aromatic heterocycles. The predicted octanol–water partition coefficient (Wildman–Crippen LogP) is 9.41. The Balaban J connectivity index is 1.36. The second-order valence-electron chi connectivity index (χ2n) is 10.7. The van der Waals surface area contributed by atoms with Crippen molar-refractivity contribution in [3.63, 3.8) is 0 Å². The fourth-order valence-corrected chi connectivity index (χ4v) is 6.22. The molecule has 196 valence electrons. The predicted molar refractivity (Wildman–Crippen MR) is 171 cm³/mol. The minimum Gasteiger partial charge on any atom is -0.360 e. The summed E-state index contributed by atoms with van der Waals surface area (Å²) in [5.74, 6) is 0. The van der Waals surface area contributed by atoms with E-state index in [2.05, 4.69) is 127 Å². The lowest BCUT2D eigenvalue weighted by Crippen LogP contribution is -1.96. The zero-order chi connectivity index (χ0) is 27.5. The molecule has 0 fully saturated rings. The van der Waals surface area contributed by atoms with E-state index in [1.807, 2.05) is 12.1 Å². The van der Waals surface area contributed by atoms with Gasteiger partial charge in [-0.2, -0.15) is 0 Å². The van der Waals surface area contributed by atoms with Gasteiger partial charge in [0, 0.05) is 56.3 Å². The molecule has 0 unspecified atom stereocenters. The van der Waals surface area contributed by atoms with Crippen LogP contribution in [0.4, 0.5) is 0 Å². The maximum Gasteiger partial charge on any atom is 0.0731 e. The minimum atomic E-state index is 0.923. The van der Waals surface area contributed by atoms with E-state index < -0.39 is 0 Å². The lowest BCUT2D eigenvalue weighted by Gasteiger charge is -2.11. The third-order valence-electron chi connectivity index (χ3n) is 8.29. The van der Waals surface area contributed by atoms with Gasteiger partial charge in [0.2, 0.25) is 0 Å². The molecular formula is C37H28N4. The number of rotatable bonds is 4. The monoisotopic (exact) mass is 528 g/mol. The van der Waals surface area contributed by atoms with Crippen LogP contribution in [0.15, 0.2) is 116 Å². The maximum absolute atomic E-state index is 5.06. The van der Waals surface area contributed by atoms with Crippen LogP contribution in [0.1, 0.15) is 18.1 Å². The topological polar surface area (TPSA) is 46.5 Å². The van der Waals surface area contributed by atoms with E-state index in [0.29, 0.717) is 0 Å². The van der Waals surface area contributed by atoms with E-state index in [1.165, 1.54) is 32.9 Å². The molecular weight excluding hydrogens is 500 g/mol. The Bertz CT molecular complexity index is 2270. The van der Waals surface area contributed by atoms with Crippen molar-refractivity contribution in [2.45, 2.75) is 20.3 Å². The number of aromatic nitrogens is 4. The Morgan fingerprint density at radius 1 is 0.683 bits per heavy atom. The number of nitrogens with zero attached hydrogens (tertiary/aromatic N) is 3. The van der Waals surface area contributed by atoms with E-state index in [9.17, 15) is 0 Å². The van der Waals surface area contributed by atoms with Gasteiger partial charge in [-0.05, 0) is 60.9 Å². The summed E-state index contributed by atoms with van der Waals surface area (Å²) in [6, 6.07) is 36.3. The maximum atomic E-state index is 5.06. The molecule has 0 atom stereocenters. The molecule has 8 rings (SSSR count). The van der Waals surface area contributed by atoms with Crippen LogP contribution in [-0.2, 0) is 6.42 Å². The lowest BCUT2D eigenvalue weighted by atomic mass is 10.0. The number of benzene rings is 4. The van der Waals surface area contributed by atoms with Gasteiger partial charge in [0.1, 0.15) is 0 Å². The molecule has 8 aromatic rings. The molecule has 0 bridgehead atoms. The molecule has 0 saturated carbocycles. The SMILES string of the molecule is CCc1cc(-n2cc(-c3ccc4ccccc4n3)c3cccc(C)c32)cc2c(-c3ccc4ccccc4n3)c[nH]c12. The van der Waals surface area contributed by atoms with E-state index >= 15 is 0 Å². The van der Waals surface area contributed by atoms with Crippen LogP contribution in [-0.4, -0.2) is 19.5 Å². The van der Waals surface area contributed by atoms with Crippen molar-refractivity contribution < 1.29 is 0 Å². The second kappa shape index (κ2) is 9.17. The number of aromatic amines is 1. The zero-order valence-electron chi connectivity index (χ0n) is 23.0. The molecule has 4 nitrogen and oxygen atoms in total. The van der Waals surface area contributed by atoms with Crippen LogP contribution in [0.2, 0.25) is 0 Å². The number of pyridine rings is 2. The van der Waals surface area contributed by atoms with Crippen molar-refractivity contribution in [2.24, 2.45) is 0 Å². The molecule has 0 aliphatic carbocycles. The quantitative estimate of drug-likeness (QED) is 0.247. The van der Waals surface area contributed by atoms with Gasteiger partial charge in [-0.3, -0.25) is 0 Å². The van der Waals surface area contributed by atoms with E-state index in [1.54, 1.807) is 0 Å². The smallest absolute Gasteiger partial charge is 0.0731 e. The van der Waals surface area contributed by atoms with Gasteiger partial charge in [0.15, 0.2) is 0 Å². The first-order valence-electron chi connectivity index (χ1n) is 14.2. The summed E-state index contributed by atoms with van der Waals surface area (Å²) in [5.41, 5.74) is 12.3. The van der Waals surface area contributed by atoms with Crippen molar-refractivity contribution in [2.75, 3.05) is 0 Å². The van der Waals surface area contributed by atoms with Crippen molar-refractivity contribution in [1.29, 1.82) is 0 Å². The molecule has 0 saturated heterocycles. The molecule has 1 N–H and O–H groups in total. The highest BCUT2D eigenvalue weighted by Gasteiger charge is 2.18. The van der Waals surface area contributed by atoms with Gasteiger partial charge in [-0.25, -0.2) is 9.97 Å². The van der Waals surface area contributed by atoms with Crippen LogP contribution in [0.25, 0.3) is 71.8 Å². The highest BCUT2D eigenvalue weighted by Crippen LogP contribution is 2.37. The number of H-pyrrole nitrogens is 1. The van der Waals surface area contributed by atoms with Gasteiger partial charge in [-0.15, -0.1) is 0 Å². The van der Waals surface area contributed by atoms with E-state index in [4.69, 9.17) is 9.97 Å². The largest absolute Gasteiger partial charge is 0.360 e. The summed E-state index contributed by atoms with van der Waals surface area (Å²) in [5, 5.41) is 4.69. The first-order chi connectivity index (χ1) is 20.2.